The van der Waals surface area contributed by atoms with E-state index in [0.717, 1.165) is 24.3 Å². The van der Waals surface area contributed by atoms with Crippen molar-refractivity contribution in [3.05, 3.63) is 127 Å². The van der Waals surface area contributed by atoms with Crippen molar-refractivity contribution in [1.29, 1.82) is 10.5 Å². The first kappa shape index (κ1) is 29.8. The molecule has 0 N–H and O–H groups in total. The largest absolute Gasteiger partial charge is 0.270 e. The van der Waals surface area contributed by atoms with Crippen molar-refractivity contribution in [1.82, 2.24) is 19.9 Å². The van der Waals surface area contributed by atoms with E-state index in [1.165, 1.54) is 12.4 Å². The molecule has 8 nitrogen and oxygen atoms in total. The van der Waals surface area contributed by atoms with Gasteiger partial charge in [-0.05, 0) is 35.4 Å². The maximum Gasteiger partial charge on any atom is 0.270 e. The maximum absolute atomic E-state index is 14.2. The van der Waals surface area contributed by atoms with Gasteiger partial charge in [0.1, 0.15) is 0 Å². The molecule has 48 heavy (non-hydrogen) atoms. The number of rotatable bonds is 2. The summed E-state index contributed by atoms with van der Waals surface area (Å²) in [5.41, 5.74) is 0.269. The fourth-order valence-electron chi connectivity index (χ4n) is 6.04. The van der Waals surface area contributed by atoms with E-state index in [0.29, 0.717) is 11.1 Å². The molecule has 7 rings (SSSR count). The van der Waals surface area contributed by atoms with Gasteiger partial charge in [-0.1, -0.05) is 0 Å². The van der Waals surface area contributed by atoms with Gasteiger partial charge in [0.05, 0.1) is 71.8 Å². The number of aromatic nitrogens is 4. The Morgan fingerprint density at radius 3 is 1.35 bits per heavy atom. The second-order valence-corrected chi connectivity index (χ2v) is 10.6. The zero-order valence-corrected chi connectivity index (χ0v) is 23.7. The summed E-state index contributed by atoms with van der Waals surface area (Å²) in [6.45, 7) is 15.6. The Balaban J connectivity index is 1.61. The molecule has 0 atom stereocenters. The van der Waals surface area contributed by atoms with Crippen molar-refractivity contribution in [3.8, 4) is 57.2 Å². The molecule has 0 fully saturated rings. The van der Waals surface area contributed by atoms with Gasteiger partial charge in [0, 0.05) is 45.5 Å². The van der Waals surface area contributed by atoms with E-state index < -0.39 is 40.6 Å². The summed E-state index contributed by atoms with van der Waals surface area (Å²) in [5, 5.41) is 20.3. The topological polar surface area (TPSA) is 108 Å². The zero-order valence-electron chi connectivity index (χ0n) is 23.7. The molecule has 0 aliphatic heterocycles. The third kappa shape index (κ3) is 4.28. The molecule has 0 spiro atoms. The van der Waals surface area contributed by atoms with Gasteiger partial charge < -0.3 is 0 Å². The third-order valence-electron chi connectivity index (χ3n) is 8.03. The van der Waals surface area contributed by atoms with Gasteiger partial charge in [-0.2, -0.15) is 0 Å². The fourth-order valence-corrected chi connectivity index (χ4v) is 6.04. The number of halogens is 6. The molecule has 0 unspecified atom stereocenters. The van der Waals surface area contributed by atoms with Crippen LogP contribution in [0.5, 0.6) is 0 Å². The Morgan fingerprint density at radius 1 is 0.625 bits per heavy atom. The third-order valence-corrected chi connectivity index (χ3v) is 8.03. The molecule has 3 aromatic carbocycles. The molecule has 0 amide bonds. The Kier molecular flexibility index (Phi) is 6.75. The van der Waals surface area contributed by atoms with E-state index >= 15 is 0 Å². The van der Waals surface area contributed by atoms with Crippen molar-refractivity contribution in [2.75, 3.05) is 0 Å². The number of hydrogen-bond donors (Lipinski definition) is 0. The monoisotopic (exact) mass is 644 g/mol. The molecule has 5 aromatic rings. The minimum atomic E-state index is -1.69. The Labute approximate surface area is 265 Å². The van der Waals surface area contributed by atoms with Crippen molar-refractivity contribution >= 4 is 11.4 Å². The van der Waals surface area contributed by atoms with Crippen LogP contribution in [0.1, 0.15) is 22.5 Å². The second kappa shape index (κ2) is 10.9. The quantitative estimate of drug-likeness (QED) is 0.136. The van der Waals surface area contributed by atoms with E-state index in [1.807, 2.05) is 12.1 Å². The van der Waals surface area contributed by atoms with E-state index in [4.69, 9.17) is 13.1 Å². The lowest BCUT2D eigenvalue weighted by atomic mass is 9.92. The lowest BCUT2D eigenvalue weighted by Crippen LogP contribution is -2.26. The summed E-state index contributed by atoms with van der Waals surface area (Å²) in [5.74, 6) is -9.26. The highest BCUT2D eigenvalue weighted by atomic mass is 19.2. The summed E-state index contributed by atoms with van der Waals surface area (Å²) >= 11 is 0. The highest BCUT2D eigenvalue weighted by molar-refractivity contribution is 5.91. The molecule has 0 radical (unpaired) electrons. The first-order valence-electron chi connectivity index (χ1n) is 13.6. The Hall–Kier alpha value is -6.90. The van der Waals surface area contributed by atoms with Crippen LogP contribution in [0.2, 0.25) is 0 Å². The number of fused-ring (bicyclic) bond motifs is 6. The van der Waals surface area contributed by atoms with Crippen LogP contribution >= 0.6 is 0 Å². The SMILES string of the molecule is [C-]#[N+]C(C#N)=c1c2c(c(=C(C#N)[N+]#[C-])c3c1Cc1ncc(-c4cc(F)c(F)c(F)c4)nc1-3)-c1nc(-c3cc(F)c(F)c(F)c3)cnc1C2. The standard InChI is InChI=1S/C34H10F6N8/c1-43-23(9-41)27-15-7-21-33(47-25(11-45-21)13-3-17(35)31(39)18(36)4-13)28(15)30(24(10-42)44-2)29-16(27)8-22-34(29)48-26(12-46-22)14-5-19(37)32(40)20(38)6-14/h3-6,11-12H,7-8H2. The van der Waals surface area contributed by atoms with E-state index in [1.54, 1.807) is 0 Å². The predicted molar refractivity (Wildman–Crippen MR) is 155 cm³/mol. The zero-order chi connectivity index (χ0) is 34.0. The second-order valence-electron chi connectivity index (χ2n) is 10.6. The number of hydrogen-bond acceptors (Lipinski definition) is 6. The minimum absolute atomic E-state index is 0.00754. The highest BCUT2D eigenvalue weighted by Crippen LogP contribution is 2.39. The van der Waals surface area contributed by atoms with Crippen molar-refractivity contribution in [3.63, 3.8) is 0 Å². The number of nitrogens with zero attached hydrogens (tertiary/aromatic N) is 8. The van der Waals surface area contributed by atoms with Crippen LogP contribution in [0.4, 0.5) is 26.3 Å². The van der Waals surface area contributed by atoms with Crippen molar-refractivity contribution in [2.45, 2.75) is 12.8 Å². The smallest absolute Gasteiger partial charge is 0.256 e. The molecule has 0 saturated heterocycles. The van der Waals surface area contributed by atoms with Crippen molar-refractivity contribution < 1.29 is 26.3 Å². The molecule has 2 heterocycles. The molecular weight excluding hydrogens is 634 g/mol. The lowest BCUT2D eigenvalue weighted by molar-refractivity contribution is 0.447. The van der Waals surface area contributed by atoms with Crippen LogP contribution in [0.3, 0.4) is 0 Å². The molecule has 14 heteroatoms. The van der Waals surface area contributed by atoms with Gasteiger partial charge in [0.15, 0.2) is 34.9 Å². The van der Waals surface area contributed by atoms with Crippen molar-refractivity contribution in [2.24, 2.45) is 0 Å². The summed E-state index contributed by atoms with van der Waals surface area (Å²) in [7, 11) is 0. The van der Waals surface area contributed by atoms with Gasteiger partial charge in [0.25, 0.3) is 11.4 Å². The average Bonchev–Trinajstić information content (AvgIpc) is 3.65. The van der Waals surface area contributed by atoms with E-state index in [-0.39, 0.29) is 85.4 Å². The van der Waals surface area contributed by atoms with Crippen LogP contribution in [0.25, 0.3) is 66.1 Å². The van der Waals surface area contributed by atoms with Gasteiger partial charge >= 0.3 is 0 Å². The predicted octanol–water partition coefficient (Wildman–Crippen LogP) is 5.68. The van der Waals surface area contributed by atoms with E-state index in [2.05, 4.69) is 29.6 Å². The first-order valence-corrected chi connectivity index (χ1v) is 13.6. The van der Waals surface area contributed by atoms with Gasteiger partial charge in [-0.25, -0.2) is 56.5 Å². The van der Waals surface area contributed by atoms with Crippen LogP contribution in [0.15, 0.2) is 36.7 Å². The summed E-state index contributed by atoms with van der Waals surface area (Å²) < 4.78 is 84.1. The van der Waals surface area contributed by atoms with Crippen LogP contribution in [-0.4, -0.2) is 19.9 Å². The Morgan fingerprint density at radius 2 is 1.00 bits per heavy atom. The molecular formula is C34H10F6N8. The normalized spacial score (nSPS) is 11.7. The molecule has 0 saturated carbocycles. The molecule has 2 aliphatic carbocycles. The first-order chi connectivity index (χ1) is 23.1. The molecule has 0 bridgehead atoms. The van der Waals surface area contributed by atoms with Gasteiger partial charge in [-0.15, -0.1) is 0 Å². The molecule has 2 aliphatic rings. The Bertz CT molecular complexity index is 2420. The number of nitriles is 2. The van der Waals surface area contributed by atoms with Crippen LogP contribution in [0, 0.1) is 70.7 Å². The molecule has 228 valence electrons. The summed E-state index contributed by atoms with van der Waals surface area (Å²) in [6, 6.07) is 6.62. The lowest BCUT2D eigenvalue weighted by Gasteiger charge is -2.13. The summed E-state index contributed by atoms with van der Waals surface area (Å²) in [6.07, 6.45) is 2.36. The molecule has 2 aromatic heterocycles. The number of benzene rings is 3. The van der Waals surface area contributed by atoms with Gasteiger partial charge in [0.2, 0.25) is 0 Å². The average molecular weight is 644 g/mol. The summed E-state index contributed by atoms with van der Waals surface area (Å²) in [4.78, 5) is 24.7. The minimum Gasteiger partial charge on any atom is -0.256 e. The fraction of sp³-hybridized carbons (Fsp3) is 0.0588. The van der Waals surface area contributed by atoms with Crippen LogP contribution < -0.4 is 10.4 Å². The maximum atomic E-state index is 14.2. The van der Waals surface area contributed by atoms with Gasteiger partial charge in [-0.3, -0.25) is 9.97 Å². The van der Waals surface area contributed by atoms with Crippen LogP contribution in [-0.2, 0) is 12.8 Å². The van der Waals surface area contributed by atoms with E-state index in [9.17, 15) is 36.9 Å². The highest BCUT2D eigenvalue weighted by Gasteiger charge is 2.35.